The molecule has 2 aliphatic rings. The molecule has 0 unspecified atom stereocenters. The van der Waals surface area contributed by atoms with Gasteiger partial charge in [-0.3, -0.25) is 14.6 Å². The van der Waals surface area contributed by atoms with E-state index in [4.69, 9.17) is 21.1 Å². The Kier molecular flexibility index (Phi) is 7.47. The highest BCUT2D eigenvalue weighted by Gasteiger charge is 2.35. The molecule has 4 rings (SSSR count). The predicted octanol–water partition coefficient (Wildman–Crippen LogP) is 3.48. The third kappa shape index (κ3) is 5.33. The van der Waals surface area contributed by atoms with Gasteiger partial charge in [-0.15, -0.1) is 11.6 Å². The Hall–Kier alpha value is -2.80. The number of ether oxygens (including phenoxy) is 2. The molecule has 32 heavy (non-hydrogen) atoms. The van der Waals surface area contributed by atoms with Gasteiger partial charge in [0.15, 0.2) is 17.6 Å². The van der Waals surface area contributed by atoms with Crippen molar-refractivity contribution >= 4 is 23.4 Å². The second-order valence-electron chi connectivity index (χ2n) is 8.20. The summed E-state index contributed by atoms with van der Waals surface area (Å²) >= 11 is 5.97. The number of halogens is 1. The molecule has 1 N–H and O–H groups in total. The highest BCUT2D eigenvalue weighted by Crippen LogP contribution is 2.32. The van der Waals surface area contributed by atoms with E-state index in [0.29, 0.717) is 17.1 Å². The van der Waals surface area contributed by atoms with Crippen LogP contribution < -0.4 is 14.8 Å². The predicted molar refractivity (Wildman–Crippen MR) is 121 cm³/mol. The molecule has 1 saturated carbocycles. The molecule has 1 aromatic heterocycles. The molecule has 0 radical (unpaired) electrons. The molecular formula is C24H28ClN3O4. The molecular weight excluding hydrogens is 430 g/mol. The van der Waals surface area contributed by atoms with Gasteiger partial charge in [0.2, 0.25) is 11.8 Å². The van der Waals surface area contributed by atoms with Crippen LogP contribution in [0.15, 0.2) is 48.8 Å². The van der Waals surface area contributed by atoms with Crippen LogP contribution >= 0.6 is 11.6 Å². The van der Waals surface area contributed by atoms with Gasteiger partial charge in [-0.2, -0.15) is 0 Å². The summed E-state index contributed by atoms with van der Waals surface area (Å²) < 4.78 is 11.9. The largest absolute Gasteiger partial charge is 0.486 e. The Labute approximate surface area is 193 Å². The minimum atomic E-state index is -0.827. The number of pyridine rings is 1. The van der Waals surface area contributed by atoms with E-state index in [9.17, 15) is 9.59 Å². The topological polar surface area (TPSA) is 80.8 Å². The summed E-state index contributed by atoms with van der Waals surface area (Å²) in [6, 6.07) is 10.2. The Morgan fingerprint density at radius 2 is 1.81 bits per heavy atom. The minimum Gasteiger partial charge on any atom is -0.486 e. The number of carbonyl (C=O) groups is 2. The van der Waals surface area contributed by atoms with Gasteiger partial charge in [-0.1, -0.05) is 31.4 Å². The molecule has 2 atom stereocenters. The van der Waals surface area contributed by atoms with Crippen molar-refractivity contribution in [2.75, 3.05) is 19.0 Å². The summed E-state index contributed by atoms with van der Waals surface area (Å²) in [5, 5.41) is 3.16. The third-order valence-electron chi connectivity index (χ3n) is 5.94. The van der Waals surface area contributed by atoms with E-state index in [1.165, 1.54) is 11.3 Å². The first-order chi connectivity index (χ1) is 15.7. The van der Waals surface area contributed by atoms with Crippen LogP contribution in [-0.4, -0.2) is 52.9 Å². The number of para-hydroxylation sites is 2. The second-order valence-corrected chi connectivity index (χ2v) is 8.47. The lowest BCUT2D eigenvalue weighted by Crippen LogP contribution is -2.51. The van der Waals surface area contributed by atoms with Gasteiger partial charge >= 0.3 is 0 Å². The molecule has 2 amide bonds. The van der Waals surface area contributed by atoms with Gasteiger partial charge in [0, 0.05) is 18.4 Å². The van der Waals surface area contributed by atoms with E-state index in [2.05, 4.69) is 10.3 Å². The van der Waals surface area contributed by atoms with Crippen LogP contribution in [0.4, 0.5) is 0 Å². The number of aromatic nitrogens is 1. The fourth-order valence-electron chi connectivity index (χ4n) is 4.35. The average Bonchev–Trinajstić information content (AvgIpc) is 2.84. The fraction of sp³-hybridized carbons (Fsp3) is 0.458. The standard InChI is InChI=1S/C24H28ClN3O4/c25-14-22(29)28(15-19-16-31-20-8-4-5-9-21(20)32-19)23(17-10-12-26-13-11-17)24(30)27-18-6-2-1-3-7-18/h4-5,8-13,18-19,23H,1-3,6-7,14-16H2,(H,27,30)/t19-,23-/m0/s1. The Morgan fingerprint density at radius 1 is 1.09 bits per heavy atom. The number of alkyl halides is 1. The summed E-state index contributed by atoms with van der Waals surface area (Å²) in [7, 11) is 0. The number of hydrogen-bond donors (Lipinski definition) is 1. The van der Waals surface area contributed by atoms with Crippen molar-refractivity contribution in [2.45, 2.75) is 50.3 Å². The summed E-state index contributed by atoms with van der Waals surface area (Å²) in [5.41, 5.74) is 0.684. The zero-order chi connectivity index (χ0) is 22.3. The van der Waals surface area contributed by atoms with E-state index >= 15 is 0 Å². The number of carbonyl (C=O) groups excluding carboxylic acids is 2. The Bertz CT molecular complexity index is 920. The van der Waals surface area contributed by atoms with Gasteiger partial charge in [0.05, 0.1) is 6.54 Å². The summed E-state index contributed by atoms with van der Waals surface area (Å²) in [6.45, 7) is 0.446. The second kappa shape index (κ2) is 10.7. The molecule has 1 aromatic carbocycles. The van der Waals surface area contributed by atoms with Crippen LogP contribution in [-0.2, 0) is 9.59 Å². The van der Waals surface area contributed by atoms with E-state index in [1.54, 1.807) is 24.5 Å². The smallest absolute Gasteiger partial charge is 0.247 e. The summed E-state index contributed by atoms with van der Waals surface area (Å²) in [6.07, 6.45) is 8.11. The average molecular weight is 458 g/mol. The lowest BCUT2D eigenvalue weighted by molar-refractivity contribution is -0.141. The van der Waals surface area contributed by atoms with E-state index in [-0.39, 0.29) is 36.9 Å². The van der Waals surface area contributed by atoms with Crippen molar-refractivity contribution in [3.8, 4) is 11.5 Å². The minimum absolute atomic E-state index is 0.120. The van der Waals surface area contributed by atoms with Gasteiger partial charge < -0.3 is 19.7 Å². The number of benzene rings is 1. The van der Waals surface area contributed by atoms with Gasteiger partial charge in [-0.25, -0.2) is 0 Å². The third-order valence-corrected chi connectivity index (χ3v) is 6.16. The van der Waals surface area contributed by atoms with Crippen LogP contribution in [0.1, 0.15) is 43.7 Å². The lowest BCUT2D eigenvalue weighted by Gasteiger charge is -2.36. The van der Waals surface area contributed by atoms with Crippen LogP contribution in [0.2, 0.25) is 0 Å². The van der Waals surface area contributed by atoms with Crippen molar-refractivity contribution in [2.24, 2.45) is 0 Å². The first-order valence-electron chi connectivity index (χ1n) is 11.1. The molecule has 1 fully saturated rings. The van der Waals surface area contributed by atoms with Crippen molar-refractivity contribution in [3.05, 3.63) is 54.4 Å². The Balaban J connectivity index is 1.57. The Morgan fingerprint density at radius 3 is 2.53 bits per heavy atom. The maximum atomic E-state index is 13.5. The number of hydrogen-bond acceptors (Lipinski definition) is 5. The highest BCUT2D eigenvalue weighted by molar-refractivity contribution is 6.27. The zero-order valence-electron chi connectivity index (χ0n) is 17.9. The molecule has 170 valence electrons. The quantitative estimate of drug-likeness (QED) is 0.644. The monoisotopic (exact) mass is 457 g/mol. The number of amides is 2. The van der Waals surface area contributed by atoms with Crippen LogP contribution in [0.5, 0.6) is 11.5 Å². The molecule has 2 aromatic rings. The van der Waals surface area contributed by atoms with Crippen molar-refractivity contribution in [3.63, 3.8) is 0 Å². The fourth-order valence-corrected chi connectivity index (χ4v) is 4.50. The molecule has 8 heteroatoms. The first-order valence-corrected chi connectivity index (χ1v) is 11.6. The molecule has 1 aliphatic carbocycles. The number of fused-ring (bicyclic) bond motifs is 1. The van der Waals surface area contributed by atoms with Crippen molar-refractivity contribution in [1.82, 2.24) is 15.2 Å². The van der Waals surface area contributed by atoms with E-state index in [0.717, 1.165) is 25.7 Å². The maximum Gasteiger partial charge on any atom is 0.247 e. The normalized spacial score (nSPS) is 19.1. The van der Waals surface area contributed by atoms with Crippen LogP contribution in [0, 0.1) is 0 Å². The van der Waals surface area contributed by atoms with Gasteiger partial charge in [0.1, 0.15) is 18.5 Å². The van der Waals surface area contributed by atoms with E-state index < -0.39 is 12.1 Å². The van der Waals surface area contributed by atoms with Crippen LogP contribution in [0.25, 0.3) is 0 Å². The van der Waals surface area contributed by atoms with Crippen molar-refractivity contribution in [1.29, 1.82) is 0 Å². The van der Waals surface area contributed by atoms with Gasteiger partial charge in [0.25, 0.3) is 0 Å². The SMILES string of the molecule is O=C(NC1CCCCC1)[C@H](c1ccncc1)N(C[C@H]1COc2ccccc2O1)C(=O)CCl. The highest BCUT2D eigenvalue weighted by atomic mass is 35.5. The molecule has 2 heterocycles. The number of nitrogens with one attached hydrogen (secondary N) is 1. The molecule has 0 spiro atoms. The van der Waals surface area contributed by atoms with E-state index in [1.807, 2.05) is 24.3 Å². The molecule has 0 bridgehead atoms. The summed E-state index contributed by atoms with van der Waals surface area (Å²) in [5.74, 6) is 0.505. The van der Waals surface area contributed by atoms with Crippen LogP contribution in [0.3, 0.4) is 0 Å². The zero-order valence-corrected chi connectivity index (χ0v) is 18.7. The van der Waals surface area contributed by atoms with Crippen molar-refractivity contribution < 1.29 is 19.1 Å². The summed E-state index contributed by atoms with van der Waals surface area (Å²) in [4.78, 5) is 32.0. The van der Waals surface area contributed by atoms with Gasteiger partial charge in [-0.05, 0) is 42.7 Å². The molecule has 7 nitrogen and oxygen atoms in total. The number of rotatable bonds is 7. The first kappa shape index (κ1) is 22.4. The number of nitrogens with zero attached hydrogens (tertiary/aromatic N) is 2. The molecule has 0 saturated heterocycles. The molecule has 1 aliphatic heterocycles. The maximum absolute atomic E-state index is 13.5. The lowest BCUT2D eigenvalue weighted by atomic mass is 9.94.